The monoisotopic (exact) mass is 167 g/mol. The Balaban J connectivity index is 4.20. The summed E-state index contributed by atoms with van der Waals surface area (Å²) in [5, 5.41) is 0. The zero-order valence-corrected chi connectivity index (χ0v) is 7.45. The Morgan fingerprint density at radius 3 is 2.50 bits per heavy atom. The van der Waals surface area contributed by atoms with Gasteiger partial charge in [0.05, 0.1) is 12.2 Å². The molecule has 0 N–H and O–H groups in total. The predicted octanol–water partition coefficient (Wildman–Crippen LogP) is 0.707. The molecule has 0 heterocycles. The average molecular weight is 167 g/mol. The van der Waals surface area contributed by atoms with E-state index in [1.165, 1.54) is 18.0 Å². The largest absolute Gasteiger partial charge is 0.340 e. The Kier molecular flexibility index (Phi) is 4.60. The molecule has 0 atom stereocenters. The van der Waals surface area contributed by atoms with Gasteiger partial charge in [0.2, 0.25) is 5.91 Å². The number of nitrogens with zero attached hydrogens (tertiary/aromatic N) is 3. The maximum absolute atomic E-state index is 10.8. The van der Waals surface area contributed by atoms with E-state index in [9.17, 15) is 4.79 Å². The molecule has 66 valence electrons. The number of hydrogen-bond acceptors (Lipinski definition) is 3. The smallest absolute Gasteiger partial charge is 0.219 e. The van der Waals surface area contributed by atoms with Crippen LogP contribution in [0.4, 0.5) is 0 Å². The fraction of sp³-hybridized carbons (Fsp3) is 0.375. The molecule has 0 aromatic heterocycles. The molecule has 0 fully saturated rings. The maximum atomic E-state index is 10.8. The topological polar surface area (TPSA) is 45.0 Å². The molecule has 0 aliphatic heterocycles. The first kappa shape index (κ1) is 10.6. The Morgan fingerprint density at radius 1 is 1.58 bits per heavy atom. The number of aliphatic imine (C=N–C) groups is 2. The summed E-state index contributed by atoms with van der Waals surface area (Å²) in [6.45, 7) is 8.53. The molecule has 12 heavy (non-hydrogen) atoms. The molecule has 0 aliphatic rings. The molecule has 4 nitrogen and oxygen atoms in total. The van der Waals surface area contributed by atoms with Gasteiger partial charge < -0.3 is 4.90 Å². The van der Waals surface area contributed by atoms with Gasteiger partial charge in [-0.25, -0.2) is 0 Å². The molecule has 0 aromatic carbocycles. The number of likely N-dealkylation sites (N-methyl/N-ethyl adjacent to an activating group) is 1. The summed E-state index contributed by atoms with van der Waals surface area (Å²) in [6.07, 6.45) is 1.48. The van der Waals surface area contributed by atoms with Crippen molar-refractivity contribution in [3.05, 3.63) is 11.9 Å². The Morgan fingerprint density at radius 2 is 2.17 bits per heavy atom. The highest BCUT2D eigenvalue weighted by Gasteiger charge is 2.03. The summed E-state index contributed by atoms with van der Waals surface area (Å²) in [5.74, 6) is -0.0198. The molecular formula is C8H13N3O. The first-order chi connectivity index (χ1) is 5.61. The quantitative estimate of drug-likeness (QED) is 0.569. The highest BCUT2D eigenvalue weighted by molar-refractivity contribution is 5.73. The number of rotatable bonds is 4. The van der Waals surface area contributed by atoms with Crippen LogP contribution in [-0.4, -0.2) is 37.8 Å². The first-order valence-corrected chi connectivity index (χ1v) is 3.45. The van der Waals surface area contributed by atoms with Crippen LogP contribution in [0.25, 0.3) is 0 Å². The Labute approximate surface area is 72.3 Å². The van der Waals surface area contributed by atoms with Crippen LogP contribution in [0.5, 0.6) is 0 Å². The van der Waals surface area contributed by atoms with Crippen LogP contribution in [0.1, 0.15) is 6.92 Å². The third-order valence-corrected chi connectivity index (χ3v) is 1.38. The second-order valence-corrected chi connectivity index (χ2v) is 2.34. The van der Waals surface area contributed by atoms with Gasteiger partial charge in [-0.15, -0.1) is 0 Å². The fourth-order valence-electron chi connectivity index (χ4n) is 0.591. The highest BCUT2D eigenvalue weighted by Crippen LogP contribution is 1.98. The van der Waals surface area contributed by atoms with Crippen LogP contribution in [-0.2, 0) is 4.79 Å². The summed E-state index contributed by atoms with van der Waals surface area (Å²) < 4.78 is 0. The molecule has 0 saturated heterocycles. The Bertz CT molecular complexity index is 220. The molecule has 0 radical (unpaired) electrons. The third-order valence-electron chi connectivity index (χ3n) is 1.38. The second kappa shape index (κ2) is 5.23. The minimum Gasteiger partial charge on any atom is -0.340 e. The van der Waals surface area contributed by atoms with E-state index in [2.05, 4.69) is 23.4 Å². The van der Waals surface area contributed by atoms with Crippen molar-refractivity contribution in [2.24, 2.45) is 9.98 Å². The lowest BCUT2D eigenvalue weighted by molar-refractivity contribution is -0.127. The minimum atomic E-state index is -0.0198. The normalized spacial score (nSPS) is 10.7. The van der Waals surface area contributed by atoms with Crippen molar-refractivity contribution < 1.29 is 4.79 Å². The summed E-state index contributed by atoms with van der Waals surface area (Å²) in [5.41, 5.74) is 0.628. The van der Waals surface area contributed by atoms with Gasteiger partial charge in [0.1, 0.15) is 0 Å². The van der Waals surface area contributed by atoms with Crippen molar-refractivity contribution in [1.82, 2.24) is 4.90 Å². The number of hydrogen-bond donors (Lipinski definition) is 0. The van der Waals surface area contributed by atoms with Gasteiger partial charge in [0.15, 0.2) is 0 Å². The van der Waals surface area contributed by atoms with Crippen LogP contribution < -0.4 is 0 Å². The lowest BCUT2D eigenvalue weighted by Crippen LogP contribution is -2.25. The van der Waals surface area contributed by atoms with Crippen LogP contribution in [0.3, 0.4) is 0 Å². The molecule has 4 heteroatoms. The fourth-order valence-corrected chi connectivity index (χ4v) is 0.591. The maximum Gasteiger partial charge on any atom is 0.219 e. The van der Waals surface area contributed by atoms with Gasteiger partial charge in [-0.05, 0) is 13.4 Å². The van der Waals surface area contributed by atoms with Gasteiger partial charge in [0, 0.05) is 20.2 Å². The summed E-state index contributed by atoms with van der Waals surface area (Å²) >= 11 is 0. The average Bonchev–Trinajstić information content (AvgIpc) is 2.03. The number of carbonyl (C=O) groups excluding carboxylic acids is 1. The minimum absolute atomic E-state index is 0.0198. The SMILES string of the molecule is C=N/C=C(/CN(C)C(C)=O)N=C. The van der Waals surface area contributed by atoms with Gasteiger partial charge in [-0.2, -0.15) is 0 Å². The van der Waals surface area contributed by atoms with Crippen molar-refractivity contribution in [1.29, 1.82) is 0 Å². The highest BCUT2D eigenvalue weighted by atomic mass is 16.2. The van der Waals surface area contributed by atoms with Crippen molar-refractivity contribution in [2.75, 3.05) is 13.6 Å². The van der Waals surface area contributed by atoms with Crippen molar-refractivity contribution in [3.63, 3.8) is 0 Å². The zero-order chi connectivity index (χ0) is 9.56. The van der Waals surface area contributed by atoms with E-state index in [-0.39, 0.29) is 5.91 Å². The zero-order valence-electron chi connectivity index (χ0n) is 7.45. The van der Waals surface area contributed by atoms with Crippen molar-refractivity contribution >= 4 is 19.3 Å². The van der Waals surface area contributed by atoms with Crippen molar-refractivity contribution in [2.45, 2.75) is 6.92 Å². The summed E-state index contributed by atoms with van der Waals surface area (Å²) in [7, 11) is 1.68. The summed E-state index contributed by atoms with van der Waals surface area (Å²) in [6, 6.07) is 0. The molecule has 0 aliphatic carbocycles. The van der Waals surface area contributed by atoms with E-state index < -0.39 is 0 Å². The third kappa shape index (κ3) is 3.65. The predicted molar refractivity (Wildman–Crippen MR) is 50.5 cm³/mol. The molecule has 0 spiro atoms. The molecule has 0 aromatic rings. The van der Waals surface area contributed by atoms with E-state index in [1.54, 1.807) is 7.05 Å². The van der Waals surface area contributed by atoms with Gasteiger partial charge in [-0.1, -0.05) is 0 Å². The van der Waals surface area contributed by atoms with Crippen molar-refractivity contribution in [3.8, 4) is 0 Å². The number of carbonyl (C=O) groups is 1. The van der Waals surface area contributed by atoms with Gasteiger partial charge in [0.25, 0.3) is 0 Å². The lowest BCUT2D eigenvalue weighted by Gasteiger charge is -2.13. The molecular weight excluding hydrogens is 154 g/mol. The number of amides is 1. The van der Waals surface area contributed by atoms with Crippen LogP contribution in [0.15, 0.2) is 21.9 Å². The van der Waals surface area contributed by atoms with E-state index >= 15 is 0 Å². The van der Waals surface area contributed by atoms with Crippen LogP contribution in [0.2, 0.25) is 0 Å². The molecule has 0 saturated carbocycles. The molecule has 0 unspecified atom stereocenters. The van der Waals surface area contributed by atoms with Gasteiger partial charge >= 0.3 is 0 Å². The Hall–Kier alpha value is -1.45. The standard InChI is InChI=1S/C8H13N3O/c1-7(12)11(4)6-8(10-3)5-9-2/h5H,2-3,6H2,1,4H3/b8-5-. The van der Waals surface area contributed by atoms with Crippen LogP contribution in [0, 0.1) is 0 Å². The molecule has 0 rings (SSSR count). The lowest BCUT2D eigenvalue weighted by atomic mass is 10.4. The van der Waals surface area contributed by atoms with Gasteiger partial charge in [-0.3, -0.25) is 14.8 Å². The summed E-state index contributed by atoms with van der Waals surface area (Å²) in [4.78, 5) is 19.5. The van der Waals surface area contributed by atoms with E-state index in [0.29, 0.717) is 12.2 Å². The first-order valence-electron chi connectivity index (χ1n) is 3.45. The van der Waals surface area contributed by atoms with E-state index in [4.69, 9.17) is 0 Å². The van der Waals surface area contributed by atoms with E-state index in [1.807, 2.05) is 0 Å². The van der Waals surface area contributed by atoms with Crippen LogP contribution >= 0.6 is 0 Å². The second-order valence-electron chi connectivity index (χ2n) is 2.34. The van der Waals surface area contributed by atoms with E-state index in [0.717, 1.165) is 0 Å². The molecule has 0 bridgehead atoms. The molecule has 1 amide bonds.